The lowest BCUT2D eigenvalue weighted by atomic mass is 9.93. The van der Waals surface area contributed by atoms with Crippen LogP contribution in [0.5, 0.6) is 0 Å². The molecular formula is C18H14N2O4S. The van der Waals surface area contributed by atoms with Crippen LogP contribution in [0.25, 0.3) is 10.2 Å². The SMILES string of the molecule is O=C(NCC(O)(c1ccoc1)c1ccco1)c1nc2ccccc2s1. The number of para-hydroxylation sites is 1. The van der Waals surface area contributed by atoms with Gasteiger partial charge in [-0.05, 0) is 30.3 Å². The molecule has 0 aliphatic rings. The summed E-state index contributed by atoms with van der Waals surface area (Å²) in [5.74, 6) is -0.0341. The fraction of sp³-hybridized carbons (Fsp3) is 0.111. The quantitative estimate of drug-likeness (QED) is 0.575. The van der Waals surface area contributed by atoms with E-state index in [9.17, 15) is 9.90 Å². The molecule has 7 heteroatoms. The predicted octanol–water partition coefficient (Wildman–Crippen LogP) is 3.15. The molecule has 2 N–H and O–H groups in total. The maximum Gasteiger partial charge on any atom is 0.280 e. The van der Waals surface area contributed by atoms with Crippen molar-refractivity contribution >= 4 is 27.5 Å². The Kier molecular flexibility index (Phi) is 3.87. The molecular weight excluding hydrogens is 340 g/mol. The molecule has 1 amide bonds. The fourth-order valence-corrected chi connectivity index (χ4v) is 3.48. The minimum absolute atomic E-state index is 0.0746. The molecule has 0 aliphatic carbocycles. The molecule has 0 bridgehead atoms. The van der Waals surface area contributed by atoms with E-state index in [0.29, 0.717) is 16.3 Å². The zero-order chi connectivity index (χ0) is 17.3. The number of hydrogen-bond acceptors (Lipinski definition) is 6. The summed E-state index contributed by atoms with van der Waals surface area (Å²) in [7, 11) is 0. The number of benzene rings is 1. The number of aromatic nitrogens is 1. The molecule has 0 fully saturated rings. The van der Waals surface area contributed by atoms with Crippen molar-refractivity contribution in [2.75, 3.05) is 6.54 Å². The Balaban J connectivity index is 1.58. The minimum atomic E-state index is -1.52. The first-order valence-corrected chi connectivity index (χ1v) is 8.41. The van der Waals surface area contributed by atoms with Crippen LogP contribution in [0.2, 0.25) is 0 Å². The van der Waals surface area contributed by atoms with Crippen LogP contribution in [0, 0.1) is 0 Å². The molecule has 4 rings (SSSR count). The summed E-state index contributed by atoms with van der Waals surface area (Å²) in [6, 6.07) is 12.5. The lowest BCUT2D eigenvalue weighted by Gasteiger charge is -2.24. The van der Waals surface area contributed by atoms with Crippen LogP contribution in [0.1, 0.15) is 21.1 Å². The smallest absolute Gasteiger partial charge is 0.280 e. The van der Waals surface area contributed by atoms with Gasteiger partial charge < -0.3 is 19.3 Å². The van der Waals surface area contributed by atoms with Gasteiger partial charge in [0.25, 0.3) is 5.91 Å². The van der Waals surface area contributed by atoms with E-state index in [1.165, 1.54) is 30.1 Å². The lowest BCUT2D eigenvalue weighted by molar-refractivity contribution is 0.0520. The van der Waals surface area contributed by atoms with Crippen molar-refractivity contribution in [1.82, 2.24) is 10.3 Å². The molecule has 6 nitrogen and oxygen atoms in total. The summed E-state index contributed by atoms with van der Waals surface area (Å²) in [5.41, 5.74) is -0.260. The normalized spacial score (nSPS) is 13.6. The van der Waals surface area contributed by atoms with E-state index in [1.807, 2.05) is 24.3 Å². The van der Waals surface area contributed by atoms with Crippen molar-refractivity contribution < 1.29 is 18.7 Å². The number of nitrogens with one attached hydrogen (secondary N) is 1. The van der Waals surface area contributed by atoms with Crippen LogP contribution < -0.4 is 5.32 Å². The van der Waals surface area contributed by atoms with Crippen molar-refractivity contribution in [1.29, 1.82) is 0 Å². The van der Waals surface area contributed by atoms with Gasteiger partial charge in [0.15, 0.2) is 10.6 Å². The monoisotopic (exact) mass is 354 g/mol. The van der Waals surface area contributed by atoms with Crippen molar-refractivity contribution in [3.63, 3.8) is 0 Å². The number of aliphatic hydroxyl groups is 1. The van der Waals surface area contributed by atoms with Crippen molar-refractivity contribution in [2.45, 2.75) is 5.60 Å². The van der Waals surface area contributed by atoms with E-state index in [2.05, 4.69) is 10.3 Å². The van der Waals surface area contributed by atoms with Gasteiger partial charge in [0.05, 0.1) is 35.6 Å². The van der Waals surface area contributed by atoms with Crippen LogP contribution in [0.3, 0.4) is 0 Å². The van der Waals surface area contributed by atoms with Gasteiger partial charge in [0, 0.05) is 5.56 Å². The van der Waals surface area contributed by atoms with Crippen molar-refractivity contribution in [3.8, 4) is 0 Å². The summed E-state index contributed by atoms with van der Waals surface area (Å²) in [4.78, 5) is 16.8. The lowest BCUT2D eigenvalue weighted by Crippen LogP contribution is -2.41. The Morgan fingerprint density at radius 1 is 1.20 bits per heavy atom. The zero-order valence-corrected chi connectivity index (χ0v) is 13.8. The molecule has 1 unspecified atom stereocenters. The van der Waals surface area contributed by atoms with E-state index in [1.54, 1.807) is 18.2 Å². The third-order valence-electron chi connectivity index (χ3n) is 3.92. The molecule has 4 aromatic rings. The number of hydrogen-bond donors (Lipinski definition) is 2. The van der Waals surface area contributed by atoms with Gasteiger partial charge in [-0.1, -0.05) is 12.1 Å². The minimum Gasteiger partial charge on any atom is -0.472 e. The third-order valence-corrected chi connectivity index (χ3v) is 4.96. The number of thiazole rings is 1. The first-order chi connectivity index (χ1) is 12.2. The highest BCUT2D eigenvalue weighted by molar-refractivity contribution is 7.20. The summed E-state index contributed by atoms with van der Waals surface area (Å²) in [6.45, 7) is -0.0746. The van der Waals surface area contributed by atoms with Gasteiger partial charge in [-0.25, -0.2) is 4.98 Å². The van der Waals surface area contributed by atoms with Gasteiger partial charge in [-0.15, -0.1) is 11.3 Å². The van der Waals surface area contributed by atoms with E-state index in [-0.39, 0.29) is 12.5 Å². The highest BCUT2D eigenvalue weighted by atomic mass is 32.1. The van der Waals surface area contributed by atoms with Crippen LogP contribution in [0.4, 0.5) is 0 Å². The van der Waals surface area contributed by atoms with E-state index >= 15 is 0 Å². The standard InChI is InChI=1S/C18H14N2O4S/c21-16(17-20-13-4-1-2-5-14(13)25-17)19-11-18(22,12-7-9-23-10-12)15-6-3-8-24-15/h1-10,22H,11H2,(H,19,21). The Hall–Kier alpha value is -2.90. The Morgan fingerprint density at radius 2 is 2.08 bits per heavy atom. The maximum atomic E-state index is 12.5. The number of carbonyl (C=O) groups excluding carboxylic acids is 1. The van der Waals surface area contributed by atoms with Crippen molar-refractivity contribution in [3.05, 3.63) is 77.6 Å². The highest BCUT2D eigenvalue weighted by Gasteiger charge is 2.36. The Morgan fingerprint density at radius 3 is 2.80 bits per heavy atom. The molecule has 126 valence electrons. The summed E-state index contributed by atoms with van der Waals surface area (Å²) in [6.07, 6.45) is 4.35. The van der Waals surface area contributed by atoms with Gasteiger partial charge in [0.2, 0.25) is 0 Å². The summed E-state index contributed by atoms with van der Waals surface area (Å²) in [5, 5.41) is 14.2. The van der Waals surface area contributed by atoms with Crippen LogP contribution in [-0.4, -0.2) is 22.5 Å². The van der Waals surface area contributed by atoms with Crippen molar-refractivity contribution in [2.24, 2.45) is 0 Å². The van der Waals surface area contributed by atoms with E-state index < -0.39 is 5.60 Å². The molecule has 3 heterocycles. The van der Waals surface area contributed by atoms with E-state index in [4.69, 9.17) is 8.83 Å². The average molecular weight is 354 g/mol. The van der Waals surface area contributed by atoms with Crippen LogP contribution in [0.15, 0.2) is 70.1 Å². The molecule has 0 saturated heterocycles. The molecule has 3 aromatic heterocycles. The Bertz CT molecular complexity index is 922. The van der Waals surface area contributed by atoms with Gasteiger partial charge >= 0.3 is 0 Å². The first kappa shape index (κ1) is 15.6. The topological polar surface area (TPSA) is 88.5 Å². The van der Waals surface area contributed by atoms with E-state index in [0.717, 1.165) is 10.2 Å². The number of fused-ring (bicyclic) bond motifs is 1. The molecule has 0 saturated carbocycles. The number of furan rings is 2. The number of amides is 1. The number of nitrogens with zero attached hydrogens (tertiary/aromatic N) is 1. The molecule has 1 atom stereocenters. The second-order valence-corrected chi connectivity index (χ2v) is 6.55. The highest BCUT2D eigenvalue weighted by Crippen LogP contribution is 2.30. The first-order valence-electron chi connectivity index (χ1n) is 7.59. The third kappa shape index (κ3) is 2.84. The number of rotatable bonds is 5. The fourth-order valence-electron chi connectivity index (χ4n) is 2.60. The molecule has 0 radical (unpaired) electrons. The summed E-state index contributed by atoms with van der Waals surface area (Å²) < 4.78 is 11.4. The largest absolute Gasteiger partial charge is 0.472 e. The molecule has 1 aromatic carbocycles. The molecule has 25 heavy (non-hydrogen) atoms. The predicted molar refractivity (Wildman–Crippen MR) is 92.4 cm³/mol. The van der Waals surface area contributed by atoms with Gasteiger partial charge in [0.1, 0.15) is 5.76 Å². The average Bonchev–Trinajstić information content (AvgIpc) is 3.40. The Labute approximate surface area is 146 Å². The molecule has 0 spiro atoms. The number of carbonyl (C=O) groups is 1. The van der Waals surface area contributed by atoms with Gasteiger partial charge in [-0.2, -0.15) is 0 Å². The van der Waals surface area contributed by atoms with Crippen LogP contribution in [-0.2, 0) is 5.60 Å². The van der Waals surface area contributed by atoms with Gasteiger partial charge in [-0.3, -0.25) is 4.79 Å². The van der Waals surface area contributed by atoms with Crippen LogP contribution >= 0.6 is 11.3 Å². The second-order valence-electron chi connectivity index (χ2n) is 5.52. The summed E-state index contributed by atoms with van der Waals surface area (Å²) >= 11 is 1.30. The second kappa shape index (κ2) is 6.19. The maximum absolute atomic E-state index is 12.5. The zero-order valence-electron chi connectivity index (χ0n) is 13.0. The molecule has 0 aliphatic heterocycles.